The fraction of sp³-hybridized carbons (Fsp3) is 0.526. The van der Waals surface area contributed by atoms with E-state index in [0.29, 0.717) is 18.9 Å². The number of hydrogen-bond acceptors (Lipinski definition) is 5. The molecule has 0 saturated heterocycles. The van der Waals surface area contributed by atoms with Crippen molar-refractivity contribution in [3.8, 4) is 0 Å². The molecule has 1 aromatic carbocycles. The highest BCUT2D eigenvalue weighted by molar-refractivity contribution is 7.90. The van der Waals surface area contributed by atoms with Crippen LogP contribution in [-0.2, 0) is 21.2 Å². The van der Waals surface area contributed by atoms with Gasteiger partial charge in [-0.05, 0) is 30.7 Å². The monoisotopic (exact) mass is 364 g/mol. The predicted molar refractivity (Wildman–Crippen MR) is 102 cm³/mol. The number of hydrogen-bond donors (Lipinski definition) is 1. The highest BCUT2D eigenvalue weighted by Crippen LogP contribution is 2.34. The Labute approximate surface area is 150 Å². The molecular weight excluding hydrogens is 336 g/mol. The number of nitrogens with zero attached hydrogens (tertiary/aromatic N) is 1. The summed E-state index contributed by atoms with van der Waals surface area (Å²) in [6.45, 7) is 2.32. The number of sulfone groups is 1. The smallest absolute Gasteiger partial charge is 0.214 e. The first-order valence-corrected chi connectivity index (χ1v) is 10.8. The van der Waals surface area contributed by atoms with Crippen LogP contribution in [0.15, 0.2) is 46.6 Å². The largest absolute Gasteiger partial charge is 0.473 e. The zero-order valence-electron chi connectivity index (χ0n) is 15.1. The minimum Gasteiger partial charge on any atom is -0.473 e. The van der Waals surface area contributed by atoms with Crippen molar-refractivity contribution in [2.45, 2.75) is 45.6 Å². The second-order valence-electron chi connectivity index (χ2n) is 6.63. The molecule has 0 unspecified atom stereocenters. The lowest BCUT2D eigenvalue weighted by atomic mass is 10.1. The molecule has 5 nitrogen and oxygen atoms in total. The first kappa shape index (κ1) is 19.5. The third-order valence-electron chi connectivity index (χ3n) is 4.18. The van der Waals surface area contributed by atoms with Crippen LogP contribution in [0, 0.1) is 5.92 Å². The van der Waals surface area contributed by atoms with Gasteiger partial charge in [0.05, 0.1) is 0 Å². The minimum atomic E-state index is -3.22. The molecule has 138 valence electrons. The van der Waals surface area contributed by atoms with Crippen LogP contribution in [0.4, 0.5) is 0 Å². The Hall–Kier alpha value is -1.82. The standard InChI is InChI=1S/C19H28N2O3S/c1-3-17(18(20)12-11-15-9-10-15)19(21-14-25(2,22)23)24-13-16-7-5-4-6-8-16/h4-8,15H,3,9-14,20H2,1-2H3/b18-17-,21-19+. The predicted octanol–water partition coefficient (Wildman–Crippen LogP) is 3.42. The molecule has 2 N–H and O–H groups in total. The van der Waals surface area contributed by atoms with E-state index in [4.69, 9.17) is 10.5 Å². The topological polar surface area (TPSA) is 81.8 Å². The lowest BCUT2D eigenvalue weighted by molar-refractivity contribution is 0.291. The number of nitrogens with two attached hydrogens (primary N) is 1. The number of rotatable bonds is 9. The van der Waals surface area contributed by atoms with Gasteiger partial charge in [-0.3, -0.25) is 0 Å². The van der Waals surface area contributed by atoms with Crippen molar-refractivity contribution >= 4 is 15.7 Å². The maximum absolute atomic E-state index is 11.5. The maximum atomic E-state index is 11.5. The molecule has 0 bridgehead atoms. The van der Waals surface area contributed by atoms with E-state index in [1.165, 1.54) is 12.8 Å². The van der Waals surface area contributed by atoms with Gasteiger partial charge < -0.3 is 10.5 Å². The summed E-state index contributed by atoms with van der Waals surface area (Å²) in [6, 6.07) is 9.73. The first-order valence-electron chi connectivity index (χ1n) is 8.75. The summed E-state index contributed by atoms with van der Waals surface area (Å²) in [7, 11) is -3.22. The SMILES string of the molecule is CCC(=C(/N)CCC1CC1)/C(=N\CS(C)(=O)=O)OCc1ccccc1. The van der Waals surface area contributed by atoms with Crippen molar-refractivity contribution in [3.05, 3.63) is 47.2 Å². The van der Waals surface area contributed by atoms with E-state index in [1.54, 1.807) is 0 Å². The van der Waals surface area contributed by atoms with E-state index >= 15 is 0 Å². The average molecular weight is 365 g/mol. The summed E-state index contributed by atoms with van der Waals surface area (Å²) in [5.74, 6) is 0.847. The first-order chi connectivity index (χ1) is 11.9. The lowest BCUT2D eigenvalue weighted by Gasteiger charge is -2.15. The van der Waals surface area contributed by atoms with Gasteiger partial charge in [0, 0.05) is 17.5 Å². The quantitative estimate of drug-likeness (QED) is 0.538. The molecule has 0 heterocycles. The van der Waals surface area contributed by atoms with Crippen molar-refractivity contribution in [2.24, 2.45) is 16.6 Å². The van der Waals surface area contributed by atoms with Crippen LogP contribution >= 0.6 is 0 Å². The van der Waals surface area contributed by atoms with E-state index in [0.717, 1.165) is 41.8 Å². The fourth-order valence-corrected chi connectivity index (χ4v) is 2.91. The van der Waals surface area contributed by atoms with Crippen LogP contribution in [-0.4, -0.2) is 26.4 Å². The molecule has 0 amide bonds. The molecule has 25 heavy (non-hydrogen) atoms. The van der Waals surface area contributed by atoms with Crippen molar-refractivity contribution in [2.75, 3.05) is 12.1 Å². The molecule has 1 aliphatic carbocycles. The fourth-order valence-electron chi connectivity index (χ4n) is 2.56. The van der Waals surface area contributed by atoms with Gasteiger partial charge in [0.2, 0.25) is 5.90 Å². The van der Waals surface area contributed by atoms with Gasteiger partial charge in [0.1, 0.15) is 12.5 Å². The molecule has 1 aromatic rings. The second-order valence-corrected chi connectivity index (χ2v) is 8.74. The van der Waals surface area contributed by atoms with Gasteiger partial charge >= 0.3 is 0 Å². The average Bonchev–Trinajstić information content (AvgIpc) is 3.40. The van der Waals surface area contributed by atoms with Gasteiger partial charge in [0.25, 0.3) is 0 Å². The van der Waals surface area contributed by atoms with E-state index in [-0.39, 0.29) is 5.88 Å². The highest BCUT2D eigenvalue weighted by Gasteiger charge is 2.22. The van der Waals surface area contributed by atoms with Crippen LogP contribution in [0.1, 0.15) is 44.6 Å². The van der Waals surface area contributed by atoms with Crippen molar-refractivity contribution < 1.29 is 13.2 Å². The van der Waals surface area contributed by atoms with E-state index in [1.807, 2.05) is 37.3 Å². The molecule has 0 spiro atoms. The molecular formula is C19H28N2O3S. The molecule has 1 saturated carbocycles. The maximum Gasteiger partial charge on any atom is 0.214 e. The normalized spacial score (nSPS) is 16.5. The van der Waals surface area contributed by atoms with Crippen LogP contribution < -0.4 is 5.73 Å². The Kier molecular flexibility index (Phi) is 7.05. The summed E-state index contributed by atoms with van der Waals surface area (Å²) >= 11 is 0. The van der Waals surface area contributed by atoms with Gasteiger partial charge in [-0.15, -0.1) is 0 Å². The van der Waals surface area contributed by atoms with E-state index in [2.05, 4.69) is 4.99 Å². The summed E-state index contributed by atoms with van der Waals surface area (Å²) < 4.78 is 28.9. The number of aliphatic imine (C=N–C) groups is 1. The molecule has 2 rings (SSSR count). The van der Waals surface area contributed by atoms with Crippen LogP contribution in [0.2, 0.25) is 0 Å². The van der Waals surface area contributed by atoms with Crippen molar-refractivity contribution in [3.63, 3.8) is 0 Å². The number of benzene rings is 1. The Morgan fingerprint density at radius 3 is 2.52 bits per heavy atom. The Balaban J connectivity index is 2.16. The molecule has 1 fully saturated rings. The minimum absolute atomic E-state index is 0.295. The highest BCUT2D eigenvalue weighted by atomic mass is 32.2. The summed E-state index contributed by atoms with van der Waals surface area (Å²) in [6.07, 6.45) is 6.28. The second kappa shape index (κ2) is 9.04. The molecule has 0 aliphatic heterocycles. The van der Waals surface area contributed by atoms with Crippen LogP contribution in [0.25, 0.3) is 0 Å². The molecule has 0 aromatic heterocycles. The van der Waals surface area contributed by atoms with E-state index < -0.39 is 9.84 Å². The summed E-state index contributed by atoms with van der Waals surface area (Å²) in [4.78, 5) is 4.21. The van der Waals surface area contributed by atoms with Gasteiger partial charge in [-0.25, -0.2) is 13.4 Å². The van der Waals surface area contributed by atoms with Crippen molar-refractivity contribution in [1.29, 1.82) is 0 Å². The molecule has 1 aliphatic rings. The van der Waals surface area contributed by atoms with Gasteiger partial charge in [-0.1, -0.05) is 50.1 Å². The van der Waals surface area contributed by atoms with Gasteiger partial charge in [0.15, 0.2) is 9.84 Å². The Morgan fingerprint density at radius 2 is 1.96 bits per heavy atom. The lowest BCUT2D eigenvalue weighted by Crippen LogP contribution is -2.16. The third-order valence-corrected chi connectivity index (χ3v) is 4.78. The van der Waals surface area contributed by atoms with Crippen LogP contribution in [0.3, 0.4) is 0 Å². The summed E-state index contributed by atoms with van der Waals surface area (Å²) in [5.41, 5.74) is 8.86. The van der Waals surface area contributed by atoms with E-state index in [9.17, 15) is 8.42 Å². The van der Waals surface area contributed by atoms with Crippen molar-refractivity contribution in [1.82, 2.24) is 0 Å². The zero-order chi connectivity index (χ0) is 18.3. The number of ether oxygens (including phenoxy) is 1. The molecule has 0 atom stereocenters. The van der Waals surface area contributed by atoms with Gasteiger partial charge in [-0.2, -0.15) is 0 Å². The molecule has 6 heteroatoms. The zero-order valence-corrected chi connectivity index (χ0v) is 15.9. The number of allylic oxidation sites excluding steroid dienone is 1. The van der Waals surface area contributed by atoms with Crippen LogP contribution in [0.5, 0.6) is 0 Å². The Bertz CT molecular complexity index is 720. The Morgan fingerprint density at radius 1 is 1.28 bits per heavy atom. The summed E-state index contributed by atoms with van der Waals surface area (Å²) in [5, 5.41) is 0. The molecule has 0 radical (unpaired) electrons. The third kappa shape index (κ3) is 7.30.